The maximum absolute atomic E-state index is 5.54. The first kappa shape index (κ1) is 23.1. The summed E-state index contributed by atoms with van der Waals surface area (Å²) in [6.45, 7) is 9.40. The monoisotopic (exact) mass is 365 g/mol. The number of hydrogen-bond donors (Lipinski definition) is 3. The summed E-state index contributed by atoms with van der Waals surface area (Å²) in [5.41, 5.74) is 6.65. The Morgan fingerprint density at radius 1 is 1.08 bits per heavy atom. The third kappa shape index (κ3) is 11.7. The fourth-order valence-corrected chi connectivity index (χ4v) is 3.30. The Morgan fingerprint density at radius 3 is 2.54 bits per heavy atom. The van der Waals surface area contributed by atoms with Crippen molar-refractivity contribution < 1.29 is 0 Å². The molecule has 0 amide bonds. The Kier molecular flexibility index (Phi) is 14.5. The average Bonchev–Trinajstić information content (AvgIpc) is 3.10. The molecule has 5 heteroatoms. The van der Waals surface area contributed by atoms with E-state index in [1.54, 1.807) is 0 Å². The second-order valence-corrected chi connectivity index (χ2v) is 7.45. The van der Waals surface area contributed by atoms with E-state index >= 15 is 0 Å². The zero-order valence-electron chi connectivity index (χ0n) is 17.3. The van der Waals surface area contributed by atoms with Crippen LogP contribution in [0, 0.1) is 0 Å². The van der Waals surface area contributed by atoms with E-state index in [-0.39, 0.29) is 0 Å². The minimum Gasteiger partial charge on any atom is -0.337 e. The van der Waals surface area contributed by atoms with E-state index in [4.69, 9.17) is 5.73 Å². The van der Waals surface area contributed by atoms with Crippen molar-refractivity contribution in [2.75, 3.05) is 26.2 Å². The third-order valence-corrected chi connectivity index (χ3v) is 4.68. The minimum atomic E-state index is 0.677. The largest absolute Gasteiger partial charge is 0.337 e. The van der Waals surface area contributed by atoms with Crippen molar-refractivity contribution in [3.63, 3.8) is 0 Å². The molecule has 152 valence electrons. The molecule has 1 aromatic heterocycles. The first-order valence-electron chi connectivity index (χ1n) is 10.9. The van der Waals surface area contributed by atoms with Crippen LogP contribution in [-0.2, 0) is 13.0 Å². The second-order valence-electron chi connectivity index (χ2n) is 7.45. The van der Waals surface area contributed by atoms with Gasteiger partial charge in [-0.1, -0.05) is 39.5 Å². The first-order valence-corrected chi connectivity index (χ1v) is 10.9. The zero-order valence-corrected chi connectivity index (χ0v) is 17.3. The number of nitrogens with zero attached hydrogens (tertiary/aromatic N) is 2. The summed E-state index contributed by atoms with van der Waals surface area (Å²) >= 11 is 0. The van der Waals surface area contributed by atoms with Gasteiger partial charge in [0.25, 0.3) is 0 Å². The van der Waals surface area contributed by atoms with Gasteiger partial charge in [-0.3, -0.25) is 0 Å². The van der Waals surface area contributed by atoms with Gasteiger partial charge < -0.3 is 20.9 Å². The van der Waals surface area contributed by atoms with Gasteiger partial charge in [0.1, 0.15) is 0 Å². The maximum atomic E-state index is 5.54. The standard InChI is InChI=1S/C18H35N5.C3H8/c19-10-9-18-15-23(16-22-18)14-5-4-11-20-12-6-13-21-17-7-2-1-3-8-17;1-3-2/h15-17,20-21H,1-14,19H2;3H2,1-2H3. The highest BCUT2D eigenvalue weighted by Crippen LogP contribution is 2.17. The molecule has 0 atom stereocenters. The van der Waals surface area contributed by atoms with Crippen molar-refractivity contribution in [1.29, 1.82) is 0 Å². The summed E-state index contributed by atoms with van der Waals surface area (Å²) in [7, 11) is 0. The topological polar surface area (TPSA) is 67.9 Å². The highest BCUT2D eigenvalue weighted by molar-refractivity contribution is 4.96. The van der Waals surface area contributed by atoms with Gasteiger partial charge in [0.05, 0.1) is 12.0 Å². The molecule has 1 fully saturated rings. The quantitative estimate of drug-likeness (QED) is 0.496. The van der Waals surface area contributed by atoms with Crippen LogP contribution in [0.5, 0.6) is 0 Å². The van der Waals surface area contributed by atoms with Crippen LogP contribution in [0.2, 0.25) is 0 Å². The molecule has 0 saturated heterocycles. The summed E-state index contributed by atoms with van der Waals surface area (Å²) in [6, 6.07) is 0.795. The van der Waals surface area contributed by atoms with Crippen LogP contribution in [-0.4, -0.2) is 41.8 Å². The summed E-state index contributed by atoms with van der Waals surface area (Å²) in [5, 5.41) is 7.25. The predicted octanol–water partition coefficient (Wildman–Crippen LogP) is 3.48. The smallest absolute Gasteiger partial charge is 0.0949 e. The van der Waals surface area contributed by atoms with Crippen molar-refractivity contribution in [2.24, 2.45) is 5.73 Å². The number of nitrogens with two attached hydrogens (primary N) is 1. The van der Waals surface area contributed by atoms with Crippen molar-refractivity contribution >= 4 is 0 Å². The van der Waals surface area contributed by atoms with Gasteiger partial charge in [-0.2, -0.15) is 0 Å². The van der Waals surface area contributed by atoms with Crippen LogP contribution >= 0.6 is 0 Å². The predicted molar refractivity (Wildman–Crippen MR) is 113 cm³/mol. The highest BCUT2D eigenvalue weighted by Gasteiger charge is 2.11. The molecule has 0 radical (unpaired) electrons. The van der Waals surface area contributed by atoms with E-state index in [1.165, 1.54) is 57.8 Å². The fraction of sp³-hybridized carbons (Fsp3) is 0.857. The molecular weight excluding hydrogens is 322 g/mol. The van der Waals surface area contributed by atoms with Crippen LogP contribution in [0.3, 0.4) is 0 Å². The van der Waals surface area contributed by atoms with E-state index in [9.17, 15) is 0 Å². The molecule has 0 bridgehead atoms. The van der Waals surface area contributed by atoms with E-state index in [0.29, 0.717) is 6.54 Å². The van der Waals surface area contributed by atoms with E-state index < -0.39 is 0 Å². The Bertz CT molecular complexity index is 412. The maximum Gasteiger partial charge on any atom is 0.0949 e. The van der Waals surface area contributed by atoms with E-state index in [2.05, 4.69) is 40.2 Å². The lowest BCUT2D eigenvalue weighted by molar-refractivity contribution is 0.371. The van der Waals surface area contributed by atoms with Crippen LogP contribution in [0.15, 0.2) is 12.5 Å². The summed E-state index contributed by atoms with van der Waals surface area (Å²) < 4.78 is 2.18. The highest BCUT2D eigenvalue weighted by atomic mass is 15.0. The van der Waals surface area contributed by atoms with Gasteiger partial charge in [0, 0.05) is 25.2 Å². The SMILES string of the molecule is CCC.NCCc1cn(CCCCNCCCNC2CCCCC2)cn1. The zero-order chi connectivity index (χ0) is 18.9. The molecule has 0 unspecified atom stereocenters. The van der Waals surface area contributed by atoms with Gasteiger partial charge in [0.2, 0.25) is 0 Å². The molecule has 0 spiro atoms. The normalized spacial score (nSPS) is 14.9. The number of rotatable bonds is 12. The molecule has 26 heavy (non-hydrogen) atoms. The first-order chi connectivity index (χ1) is 12.8. The lowest BCUT2D eigenvalue weighted by atomic mass is 9.95. The second kappa shape index (κ2) is 16.3. The van der Waals surface area contributed by atoms with Crippen LogP contribution in [0.4, 0.5) is 0 Å². The molecule has 4 N–H and O–H groups in total. The van der Waals surface area contributed by atoms with Crippen LogP contribution < -0.4 is 16.4 Å². The number of nitrogens with one attached hydrogen (secondary N) is 2. The lowest BCUT2D eigenvalue weighted by Crippen LogP contribution is -2.33. The molecule has 0 aliphatic heterocycles. The number of aromatic nitrogens is 2. The molecule has 0 aromatic carbocycles. The minimum absolute atomic E-state index is 0.677. The number of aryl methyl sites for hydroxylation is 1. The van der Waals surface area contributed by atoms with Crippen LogP contribution in [0.25, 0.3) is 0 Å². The molecule has 1 aliphatic carbocycles. The lowest BCUT2D eigenvalue weighted by Gasteiger charge is -2.22. The third-order valence-electron chi connectivity index (χ3n) is 4.68. The Hall–Kier alpha value is -0.910. The van der Waals surface area contributed by atoms with E-state index in [1.807, 2.05) is 6.33 Å². The van der Waals surface area contributed by atoms with E-state index in [0.717, 1.165) is 44.3 Å². The van der Waals surface area contributed by atoms with Crippen molar-refractivity contribution in [3.8, 4) is 0 Å². The fourth-order valence-electron chi connectivity index (χ4n) is 3.30. The Morgan fingerprint density at radius 2 is 1.81 bits per heavy atom. The number of hydrogen-bond acceptors (Lipinski definition) is 4. The summed E-state index contributed by atoms with van der Waals surface area (Å²) in [6.07, 6.45) is 16.9. The van der Waals surface area contributed by atoms with Crippen molar-refractivity contribution in [3.05, 3.63) is 18.2 Å². The van der Waals surface area contributed by atoms with Crippen molar-refractivity contribution in [1.82, 2.24) is 20.2 Å². The molecule has 5 nitrogen and oxygen atoms in total. The molecule has 1 aliphatic rings. The van der Waals surface area contributed by atoms with Crippen LogP contribution in [0.1, 0.15) is 77.3 Å². The van der Waals surface area contributed by atoms with Gasteiger partial charge in [-0.15, -0.1) is 0 Å². The summed E-state index contributed by atoms with van der Waals surface area (Å²) in [4.78, 5) is 4.35. The molecule has 1 aromatic rings. The average molecular weight is 366 g/mol. The molecule has 1 saturated carbocycles. The van der Waals surface area contributed by atoms with Gasteiger partial charge in [-0.25, -0.2) is 4.98 Å². The Labute approximate surface area is 161 Å². The summed E-state index contributed by atoms with van der Waals surface area (Å²) in [5.74, 6) is 0. The number of unbranched alkanes of at least 4 members (excludes halogenated alkanes) is 1. The molecular formula is C21H43N5. The molecule has 1 heterocycles. The van der Waals surface area contributed by atoms with Gasteiger partial charge >= 0.3 is 0 Å². The number of imidazole rings is 1. The van der Waals surface area contributed by atoms with Crippen molar-refractivity contribution in [2.45, 2.75) is 90.6 Å². The Balaban J connectivity index is 0.00000105. The van der Waals surface area contributed by atoms with Gasteiger partial charge in [-0.05, 0) is 58.3 Å². The molecule has 2 rings (SSSR count). The van der Waals surface area contributed by atoms with Gasteiger partial charge in [0.15, 0.2) is 0 Å².